The van der Waals surface area contributed by atoms with Crippen LogP contribution in [0.3, 0.4) is 0 Å². The summed E-state index contributed by atoms with van der Waals surface area (Å²) in [5.74, 6) is 1.86. The van der Waals surface area contributed by atoms with Crippen LogP contribution in [-0.2, 0) is 11.3 Å². The summed E-state index contributed by atoms with van der Waals surface area (Å²) in [7, 11) is 1.38. The van der Waals surface area contributed by atoms with Gasteiger partial charge in [0.15, 0.2) is 5.82 Å². The van der Waals surface area contributed by atoms with Crippen molar-refractivity contribution in [2.75, 3.05) is 50.1 Å². The fraction of sp³-hybridized carbons (Fsp3) is 0.467. The quantitative estimate of drug-likeness (QED) is 0.254. The van der Waals surface area contributed by atoms with Gasteiger partial charge in [0.25, 0.3) is 6.43 Å². The Hall–Kier alpha value is -3.77. The molecule has 0 bridgehead atoms. The molecule has 4 heterocycles. The van der Waals surface area contributed by atoms with E-state index in [9.17, 15) is 13.3 Å². The summed E-state index contributed by atoms with van der Waals surface area (Å²) in [6.07, 6.45) is 6.81. The Labute approximate surface area is 243 Å². The Morgan fingerprint density at radius 1 is 1.00 bits per heavy atom. The van der Waals surface area contributed by atoms with Crippen molar-refractivity contribution < 1.29 is 18.0 Å². The lowest BCUT2D eigenvalue weighted by Gasteiger charge is -2.28. The van der Waals surface area contributed by atoms with Gasteiger partial charge in [-0.15, -0.1) is 9.60 Å². The number of pyridine rings is 1. The van der Waals surface area contributed by atoms with Crippen molar-refractivity contribution in [1.29, 1.82) is 0 Å². The third-order valence-corrected chi connectivity index (χ3v) is 7.44. The zero-order chi connectivity index (χ0) is 29.3. The highest BCUT2D eigenvalue weighted by Gasteiger charge is 2.23. The molecule has 9 nitrogen and oxygen atoms in total. The number of alkyl halides is 2. The first-order chi connectivity index (χ1) is 20.5. The van der Waals surface area contributed by atoms with E-state index in [1.54, 1.807) is 42.7 Å². The Morgan fingerprint density at radius 3 is 2.48 bits per heavy atom. The van der Waals surface area contributed by atoms with E-state index < -0.39 is 6.43 Å². The van der Waals surface area contributed by atoms with Gasteiger partial charge >= 0.3 is 0 Å². The molecule has 0 radical (unpaired) electrons. The molecule has 2 aliphatic rings. The third-order valence-electron chi connectivity index (χ3n) is 7.44. The molecule has 0 unspecified atom stereocenters. The first-order valence-corrected chi connectivity index (χ1v) is 14.5. The Kier molecular flexibility index (Phi) is 10.2. The van der Waals surface area contributed by atoms with E-state index in [-0.39, 0.29) is 5.82 Å². The summed E-state index contributed by atoms with van der Waals surface area (Å²) in [4.78, 5) is 19.5. The summed E-state index contributed by atoms with van der Waals surface area (Å²) in [5.41, 5.74) is 2.01. The second-order valence-electron chi connectivity index (χ2n) is 10.6. The minimum absolute atomic E-state index is 0.299. The number of nitrogens with zero attached hydrogens (tertiary/aromatic N) is 7. The molecule has 12 heteroatoms. The Bertz CT molecular complexity index is 1410. The van der Waals surface area contributed by atoms with Crippen LogP contribution in [0.15, 0.2) is 54.9 Å². The molecule has 6 rings (SSSR count). The standard InChI is InChI=1S/C23H28F2N6O.C7H9FN2/c24-21(25)22-27-17-8-4-5-9-18(17)31(22)20-14-19(30-10-12-32-13-11-30)28-23(29-20)26-15-16-6-2-1-3-7-16;1-10(8)6-7-3-2-4-9-5-7/h4-5,8-9,14,16,21H,1-3,6-7,10-13,15H2,(H,26,28,29);2-5H,6H2,1H3. The number of rotatable bonds is 8. The number of imidazole rings is 1. The summed E-state index contributed by atoms with van der Waals surface area (Å²) >= 11 is 0. The number of hydrogen-bond donors (Lipinski definition) is 1. The molecule has 3 aromatic heterocycles. The number of para-hydroxylation sites is 2. The lowest BCUT2D eigenvalue weighted by atomic mass is 9.89. The van der Waals surface area contributed by atoms with Crippen LogP contribution in [0.25, 0.3) is 16.9 Å². The van der Waals surface area contributed by atoms with E-state index >= 15 is 0 Å². The van der Waals surface area contributed by atoms with E-state index in [1.165, 1.54) is 43.7 Å². The van der Waals surface area contributed by atoms with Crippen LogP contribution in [-0.4, -0.2) is 69.5 Å². The monoisotopic (exact) mass is 582 g/mol. The van der Waals surface area contributed by atoms with E-state index in [0.717, 1.165) is 12.1 Å². The largest absolute Gasteiger partial charge is 0.378 e. The van der Waals surface area contributed by atoms with Crippen LogP contribution >= 0.6 is 0 Å². The highest BCUT2D eigenvalue weighted by molar-refractivity contribution is 5.78. The lowest BCUT2D eigenvalue weighted by Crippen LogP contribution is -2.37. The van der Waals surface area contributed by atoms with Gasteiger partial charge in [-0.2, -0.15) is 9.97 Å². The molecule has 4 aromatic rings. The first-order valence-electron chi connectivity index (χ1n) is 14.5. The van der Waals surface area contributed by atoms with Crippen LogP contribution < -0.4 is 10.2 Å². The van der Waals surface area contributed by atoms with E-state index in [0.29, 0.717) is 72.5 Å². The lowest BCUT2D eigenvalue weighted by molar-refractivity contribution is 0.0504. The molecule has 0 amide bonds. The number of morpholine rings is 1. The maximum atomic E-state index is 13.9. The van der Waals surface area contributed by atoms with Gasteiger partial charge in [0.1, 0.15) is 11.6 Å². The molecule has 0 atom stereocenters. The molecule has 1 aliphatic carbocycles. The topological polar surface area (TPSA) is 84.2 Å². The second-order valence-corrected chi connectivity index (χ2v) is 10.6. The van der Waals surface area contributed by atoms with Crippen LogP contribution in [0.4, 0.5) is 25.0 Å². The minimum Gasteiger partial charge on any atom is -0.378 e. The van der Waals surface area contributed by atoms with Gasteiger partial charge in [-0.05, 0) is 42.5 Å². The van der Waals surface area contributed by atoms with Crippen molar-refractivity contribution >= 4 is 22.8 Å². The van der Waals surface area contributed by atoms with Gasteiger partial charge in [-0.1, -0.05) is 37.5 Å². The molecule has 2 fully saturated rings. The van der Waals surface area contributed by atoms with Gasteiger partial charge < -0.3 is 15.0 Å². The van der Waals surface area contributed by atoms with E-state index in [2.05, 4.69) is 25.2 Å². The number of hydrogen-bond acceptors (Lipinski definition) is 8. The minimum atomic E-state index is -2.72. The Morgan fingerprint density at radius 2 is 1.76 bits per heavy atom. The maximum absolute atomic E-state index is 13.9. The molecule has 42 heavy (non-hydrogen) atoms. The third kappa shape index (κ3) is 7.74. The van der Waals surface area contributed by atoms with Gasteiger partial charge in [0.2, 0.25) is 5.95 Å². The number of benzene rings is 1. The first kappa shape index (κ1) is 29.7. The van der Waals surface area contributed by atoms with Crippen molar-refractivity contribution in [3.05, 3.63) is 66.2 Å². The van der Waals surface area contributed by atoms with E-state index in [4.69, 9.17) is 9.72 Å². The second kappa shape index (κ2) is 14.4. The van der Waals surface area contributed by atoms with Crippen LogP contribution in [0, 0.1) is 5.92 Å². The number of nitrogens with one attached hydrogen (secondary N) is 1. The van der Waals surface area contributed by atoms with Crippen molar-refractivity contribution in [2.45, 2.75) is 45.1 Å². The SMILES string of the molecule is CN(F)Cc1cccnc1.FC(F)c1nc2ccccc2n1-c1cc(N2CCOCC2)nc(NCC2CCCCC2)n1. The molecular formula is C30H37F3N8O. The van der Waals surface area contributed by atoms with Gasteiger partial charge in [-0.25, -0.2) is 13.8 Å². The average molecular weight is 583 g/mol. The fourth-order valence-corrected chi connectivity index (χ4v) is 5.37. The number of ether oxygens (including phenoxy) is 1. The average Bonchev–Trinajstić information content (AvgIpc) is 3.42. The fourth-order valence-electron chi connectivity index (χ4n) is 5.37. The van der Waals surface area contributed by atoms with Crippen molar-refractivity contribution in [2.24, 2.45) is 5.92 Å². The summed E-state index contributed by atoms with van der Waals surface area (Å²) in [5, 5.41) is 4.01. The molecule has 0 spiro atoms. The highest BCUT2D eigenvalue weighted by atomic mass is 19.3. The summed E-state index contributed by atoms with van der Waals surface area (Å²) in [6, 6.07) is 12.6. The zero-order valence-corrected chi connectivity index (χ0v) is 23.8. The van der Waals surface area contributed by atoms with E-state index in [1.807, 2.05) is 12.1 Å². The van der Waals surface area contributed by atoms with Crippen molar-refractivity contribution in [3.63, 3.8) is 0 Å². The maximum Gasteiger partial charge on any atom is 0.296 e. The van der Waals surface area contributed by atoms with Crippen LogP contribution in [0.5, 0.6) is 0 Å². The van der Waals surface area contributed by atoms with Crippen LogP contribution in [0.1, 0.15) is 49.9 Å². The molecule has 1 aromatic carbocycles. The molecule has 1 aliphatic heterocycles. The summed E-state index contributed by atoms with van der Waals surface area (Å²) < 4.78 is 47.0. The highest BCUT2D eigenvalue weighted by Crippen LogP contribution is 2.30. The van der Waals surface area contributed by atoms with Gasteiger partial charge in [0.05, 0.1) is 30.8 Å². The van der Waals surface area contributed by atoms with Gasteiger partial charge in [-0.3, -0.25) is 9.55 Å². The number of anilines is 2. The molecule has 1 saturated carbocycles. The Balaban J connectivity index is 0.000000300. The predicted octanol–water partition coefficient (Wildman–Crippen LogP) is 5.98. The molecule has 1 N–H and O–H groups in total. The number of aromatic nitrogens is 5. The molecule has 224 valence electrons. The van der Waals surface area contributed by atoms with Crippen molar-refractivity contribution in [1.82, 2.24) is 29.6 Å². The number of halogens is 3. The summed E-state index contributed by atoms with van der Waals surface area (Å²) in [6.45, 7) is 3.71. The van der Waals surface area contributed by atoms with Gasteiger partial charge in [0, 0.05) is 45.1 Å². The smallest absolute Gasteiger partial charge is 0.296 e. The number of fused-ring (bicyclic) bond motifs is 1. The van der Waals surface area contributed by atoms with Crippen molar-refractivity contribution in [3.8, 4) is 5.82 Å². The molecular weight excluding hydrogens is 545 g/mol. The predicted molar refractivity (Wildman–Crippen MR) is 157 cm³/mol. The molecule has 1 saturated heterocycles. The van der Waals surface area contributed by atoms with Crippen LogP contribution in [0.2, 0.25) is 0 Å². The normalized spacial score (nSPS) is 16.1. The zero-order valence-electron chi connectivity index (χ0n) is 23.8.